The topological polar surface area (TPSA) is 103 Å². The average molecular weight is 528 g/mol. The molecule has 0 heterocycles. The average Bonchev–Trinajstić information content (AvgIpc) is 2.87. The Balaban J connectivity index is 1.97. The third-order valence-electron chi connectivity index (χ3n) is 5.75. The number of benzene rings is 3. The fraction of sp³-hybridized carbons (Fsp3) is 0.286. The molecule has 37 heavy (non-hydrogen) atoms. The van der Waals surface area contributed by atoms with Crippen LogP contribution in [0.4, 0.5) is 5.69 Å². The summed E-state index contributed by atoms with van der Waals surface area (Å²) in [6.07, 6.45) is 3.54. The van der Waals surface area contributed by atoms with Crippen molar-refractivity contribution in [2.45, 2.75) is 31.1 Å². The monoisotopic (exact) mass is 527 g/mol. The fourth-order valence-corrected chi connectivity index (χ4v) is 4.74. The van der Waals surface area contributed by atoms with Gasteiger partial charge in [0.15, 0.2) is 23.0 Å². The highest BCUT2D eigenvalue weighted by Gasteiger charge is 2.20. The van der Waals surface area contributed by atoms with Crippen LogP contribution in [0.5, 0.6) is 28.7 Å². The number of aromatic hydroxyl groups is 1. The fourth-order valence-electron chi connectivity index (χ4n) is 3.69. The van der Waals surface area contributed by atoms with Crippen molar-refractivity contribution >= 4 is 27.9 Å². The van der Waals surface area contributed by atoms with Gasteiger partial charge < -0.3 is 24.1 Å². The predicted molar refractivity (Wildman–Crippen MR) is 146 cm³/mol. The molecule has 3 aromatic carbocycles. The van der Waals surface area contributed by atoms with Crippen LogP contribution >= 0.6 is 0 Å². The van der Waals surface area contributed by atoms with Gasteiger partial charge in [0.25, 0.3) is 10.0 Å². The van der Waals surface area contributed by atoms with Crippen LogP contribution in [-0.2, 0) is 15.4 Å². The molecule has 198 valence electrons. The lowest BCUT2D eigenvalue weighted by molar-refractivity contribution is 0.324. The summed E-state index contributed by atoms with van der Waals surface area (Å²) >= 11 is 0. The van der Waals surface area contributed by atoms with E-state index in [0.29, 0.717) is 22.8 Å². The molecule has 0 bridgehead atoms. The molecule has 0 aliphatic heterocycles. The van der Waals surface area contributed by atoms with E-state index >= 15 is 0 Å². The molecule has 8 nitrogen and oxygen atoms in total. The maximum Gasteiger partial charge on any atom is 0.262 e. The summed E-state index contributed by atoms with van der Waals surface area (Å²) in [5.74, 6) is 1.27. The highest BCUT2D eigenvalue weighted by atomic mass is 32.2. The number of phenolic OH excluding ortho intramolecular Hbond substituents is 1. The molecule has 0 aromatic heterocycles. The van der Waals surface area contributed by atoms with E-state index in [1.165, 1.54) is 34.5 Å². The summed E-state index contributed by atoms with van der Waals surface area (Å²) in [4.78, 5) is 0.0808. The molecule has 0 atom stereocenters. The molecule has 0 spiro atoms. The van der Waals surface area contributed by atoms with Gasteiger partial charge in [-0.3, -0.25) is 4.72 Å². The van der Waals surface area contributed by atoms with E-state index in [0.717, 1.165) is 11.1 Å². The van der Waals surface area contributed by atoms with E-state index in [1.54, 1.807) is 54.6 Å². The van der Waals surface area contributed by atoms with Crippen LogP contribution in [0.1, 0.15) is 37.5 Å². The number of hydrogen-bond acceptors (Lipinski definition) is 7. The highest BCUT2D eigenvalue weighted by molar-refractivity contribution is 7.92. The molecule has 9 heteroatoms. The molecule has 0 saturated carbocycles. The number of hydrogen-bond donors (Lipinski definition) is 2. The summed E-state index contributed by atoms with van der Waals surface area (Å²) in [6, 6.07) is 13.3. The van der Waals surface area contributed by atoms with E-state index in [9.17, 15) is 13.5 Å². The maximum absolute atomic E-state index is 13.1. The number of ether oxygens (including phenoxy) is 4. The molecule has 0 amide bonds. The molecule has 0 aliphatic rings. The number of methoxy groups -OCH3 is 4. The van der Waals surface area contributed by atoms with E-state index in [1.807, 2.05) is 0 Å². The van der Waals surface area contributed by atoms with Gasteiger partial charge in [-0.2, -0.15) is 0 Å². The minimum atomic E-state index is -3.97. The van der Waals surface area contributed by atoms with Gasteiger partial charge in [0.1, 0.15) is 0 Å². The van der Waals surface area contributed by atoms with Crippen molar-refractivity contribution in [3.05, 3.63) is 65.2 Å². The van der Waals surface area contributed by atoms with Crippen LogP contribution in [0.25, 0.3) is 12.2 Å². The van der Waals surface area contributed by atoms with Gasteiger partial charge in [-0.1, -0.05) is 45.1 Å². The number of rotatable bonds is 9. The predicted octanol–water partition coefficient (Wildman–Crippen LogP) is 5.70. The Bertz CT molecular complexity index is 1360. The van der Waals surface area contributed by atoms with E-state index in [4.69, 9.17) is 18.9 Å². The van der Waals surface area contributed by atoms with Crippen LogP contribution < -0.4 is 23.7 Å². The molecular weight excluding hydrogens is 494 g/mol. The van der Waals surface area contributed by atoms with Gasteiger partial charge in [-0.25, -0.2) is 8.42 Å². The lowest BCUT2D eigenvalue weighted by Gasteiger charge is -2.19. The molecule has 0 unspecified atom stereocenters. The molecule has 0 saturated heterocycles. The zero-order valence-electron chi connectivity index (χ0n) is 22.1. The number of anilines is 1. The van der Waals surface area contributed by atoms with Crippen LogP contribution in [0.2, 0.25) is 0 Å². The first kappa shape index (κ1) is 27.7. The zero-order chi connectivity index (χ0) is 27.4. The summed E-state index contributed by atoms with van der Waals surface area (Å²) in [5, 5.41) is 10.6. The Hall–Kier alpha value is -3.85. The van der Waals surface area contributed by atoms with Crippen molar-refractivity contribution in [1.29, 1.82) is 0 Å². The minimum absolute atomic E-state index is 0.0104. The van der Waals surface area contributed by atoms with Crippen LogP contribution in [0.15, 0.2) is 53.4 Å². The number of nitrogens with one attached hydrogen (secondary N) is 1. The van der Waals surface area contributed by atoms with Gasteiger partial charge in [0.05, 0.1) is 39.0 Å². The zero-order valence-corrected chi connectivity index (χ0v) is 22.9. The molecule has 2 N–H and O–H groups in total. The van der Waals surface area contributed by atoms with Crippen molar-refractivity contribution in [2.75, 3.05) is 33.2 Å². The molecule has 0 fully saturated rings. The second-order valence-electron chi connectivity index (χ2n) is 9.29. The second kappa shape index (κ2) is 11.0. The lowest BCUT2D eigenvalue weighted by atomic mass is 9.87. The minimum Gasteiger partial charge on any atom is -0.503 e. The van der Waals surface area contributed by atoms with Gasteiger partial charge in [0.2, 0.25) is 5.75 Å². The molecule has 3 aromatic rings. The molecule has 0 aliphatic carbocycles. The highest BCUT2D eigenvalue weighted by Crippen LogP contribution is 2.40. The first-order valence-corrected chi connectivity index (χ1v) is 12.9. The Morgan fingerprint density at radius 1 is 0.757 bits per heavy atom. The Morgan fingerprint density at radius 2 is 1.24 bits per heavy atom. The quantitative estimate of drug-likeness (QED) is 0.272. The summed E-state index contributed by atoms with van der Waals surface area (Å²) in [7, 11) is 2.02. The van der Waals surface area contributed by atoms with E-state index < -0.39 is 10.0 Å². The van der Waals surface area contributed by atoms with Gasteiger partial charge >= 0.3 is 0 Å². The van der Waals surface area contributed by atoms with Gasteiger partial charge in [-0.15, -0.1) is 0 Å². The normalized spacial score (nSPS) is 11.9. The third-order valence-corrected chi connectivity index (χ3v) is 7.13. The lowest BCUT2D eigenvalue weighted by Crippen LogP contribution is -2.15. The first-order chi connectivity index (χ1) is 17.4. The molecular formula is C28H33NO7S. The second-order valence-corrected chi connectivity index (χ2v) is 11.0. The van der Waals surface area contributed by atoms with Crippen molar-refractivity contribution in [2.24, 2.45) is 0 Å². The summed E-state index contributed by atoms with van der Waals surface area (Å²) in [5.41, 5.74) is 2.23. The largest absolute Gasteiger partial charge is 0.503 e. The molecule has 3 rings (SSSR count). The third kappa shape index (κ3) is 6.29. The van der Waals surface area contributed by atoms with Gasteiger partial charge in [0, 0.05) is 0 Å². The Kier molecular flexibility index (Phi) is 8.28. The maximum atomic E-state index is 13.1. The summed E-state index contributed by atoms with van der Waals surface area (Å²) in [6.45, 7) is 6.16. The summed E-state index contributed by atoms with van der Waals surface area (Å²) < 4.78 is 50.1. The SMILES string of the molecule is COc1cc(/C=C\c2cc(OC)c(OC)c(OC)c2)cc(NS(=O)(=O)c2ccc(C(C)(C)C)cc2)c1O. The van der Waals surface area contributed by atoms with E-state index in [-0.39, 0.29) is 27.5 Å². The Morgan fingerprint density at radius 3 is 1.70 bits per heavy atom. The number of sulfonamides is 1. The molecule has 0 radical (unpaired) electrons. The Labute approximate surface area is 218 Å². The van der Waals surface area contributed by atoms with Crippen LogP contribution in [0, 0.1) is 0 Å². The van der Waals surface area contributed by atoms with Crippen LogP contribution in [-0.4, -0.2) is 42.0 Å². The first-order valence-electron chi connectivity index (χ1n) is 11.5. The van der Waals surface area contributed by atoms with Crippen molar-refractivity contribution in [3.63, 3.8) is 0 Å². The van der Waals surface area contributed by atoms with Gasteiger partial charge in [-0.05, 0) is 58.5 Å². The standard InChI is InChI=1S/C28H33NO7S/c1-28(2,3)20-10-12-21(13-11-20)37(31,32)29-22-14-18(15-23(33-4)26(22)30)8-9-19-16-24(34-5)27(36-7)25(17-19)35-6/h8-17,29-30H,1-7H3/b9-8-. The van der Waals surface area contributed by atoms with Crippen molar-refractivity contribution in [3.8, 4) is 28.7 Å². The van der Waals surface area contributed by atoms with Crippen molar-refractivity contribution in [1.82, 2.24) is 0 Å². The van der Waals surface area contributed by atoms with Crippen LogP contribution in [0.3, 0.4) is 0 Å². The van der Waals surface area contributed by atoms with E-state index in [2.05, 4.69) is 25.5 Å². The van der Waals surface area contributed by atoms with Crippen molar-refractivity contribution < 1.29 is 32.5 Å². The number of phenols is 1. The smallest absolute Gasteiger partial charge is 0.262 e.